The van der Waals surface area contributed by atoms with Gasteiger partial charge in [0.05, 0.1) is 28.6 Å². The Bertz CT molecular complexity index is 948. The number of aromatic nitrogens is 2. The summed E-state index contributed by atoms with van der Waals surface area (Å²) in [6, 6.07) is 9.64. The summed E-state index contributed by atoms with van der Waals surface area (Å²) >= 11 is 0. The van der Waals surface area contributed by atoms with E-state index >= 15 is 0 Å². The van der Waals surface area contributed by atoms with Crippen LogP contribution in [0.25, 0.3) is 16.7 Å². The molecule has 0 saturated heterocycles. The zero-order valence-corrected chi connectivity index (χ0v) is 12.8. The van der Waals surface area contributed by atoms with Crippen molar-refractivity contribution in [3.63, 3.8) is 0 Å². The number of nitrogens with two attached hydrogens (primary N) is 1. The molecule has 2 aromatic carbocycles. The fourth-order valence-electron chi connectivity index (χ4n) is 2.65. The Morgan fingerprint density at radius 3 is 2.75 bits per heavy atom. The van der Waals surface area contributed by atoms with Gasteiger partial charge in [0.2, 0.25) is 0 Å². The number of esters is 1. The zero-order chi connectivity index (χ0) is 17.3. The third kappa shape index (κ3) is 2.38. The van der Waals surface area contributed by atoms with Crippen LogP contribution in [-0.4, -0.2) is 27.6 Å². The SMILES string of the molecule is COC(=O)c1cccc([N+](=O)[O-])c1-n1cnc2c(CN)cccc21. The number of benzene rings is 2. The average Bonchev–Trinajstić information content (AvgIpc) is 3.04. The smallest absolute Gasteiger partial charge is 0.340 e. The summed E-state index contributed by atoms with van der Waals surface area (Å²) in [6.07, 6.45) is 1.44. The second-order valence-corrected chi connectivity index (χ2v) is 5.03. The van der Waals surface area contributed by atoms with Crippen LogP contribution in [0, 0.1) is 10.1 Å². The number of para-hydroxylation sites is 2. The Hall–Kier alpha value is -3.26. The fraction of sp³-hybridized carbons (Fsp3) is 0.125. The van der Waals surface area contributed by atoms with Gasteiger partial charge in [0, 0.05) is 12.6 Å². The van der Waals surface area contributed by atoms with E-state index in [1.165, 1.54) is 36.2 Å². The maximum Gasteiger partial charge on any atom is 0.340 e. The number of hydrogen-bond acceptors (Lipinski definition) is 6. The van der Waals surface area contributed by atoms with E-state index in [0.717, 1.165) is 5.56 Å². The van der Waals surface area contributed by atoms with Crippen molar-refractivity contribution in [2.24, 2.45) is 5.73 Å². The van der Waals surface area contributed by atoms with Crippen LogP contribution >= 0.6 is 0 Å². The normalized spacial score (nSPS) is 10.8. The Balaban J connectivity index is 2.37. The average molecular weight is 326 g/mol. The van der Waals surface area contributed by atoms with Gasteiger partial charge in [0.25, 0.3) is 5.69 Å². The van der Waals surface area contributed by atoms with Gasteiger partial charge in [-0.2, -0.15) is 0 Å². The third-order valence-electron chi connectivity index (χ3n) is 3.74. The summed E-state index contributed by atoms with van der Waals surface area (Å²) in [4.78, 5) is 27.3. The molecular formula is C16H14N4O4. The number of nitro benzene ring substituents is 1. The number of nitro groups is 1. The number of ether oxygens (including phenoxy) is 1. The molecule has 3 aromatic rings. The monoisotopic (exact) mass is 326 g/mol. The predicted octanol–water partition coefficient (Wildman–Crippen LogP) is 2.18. The van der Waals surface area contributed by atoms with Crippen LogP contribution in [0.15, 0.2) is 42.7 Å². The molecule has 0 unspecified atom stereocenters. The predicted molar refractivity (Wildman–Crippen MR) is 87.0 cm³/mol. The maximum absolute atomic E-state index is 12.1. The van der Waals surface area contributed by atoms with Gasteiger partial charge in [-0.25, -0.2) is 9.78 Å². The molecule has 8 nitrogen and oxygen atoms in total. The molecule has 0 fully saturated rings. The number of rotatable bonds is 4. The minimum atomic E-state index is -0.662. The van der Waals surface area contributed by atoms with Gasteiger partial charge < -0.3 is 10.5 Å². The van der Waals surface area contributed by atoms with Crippen LogP contribution in [0.1, 0.15) is 15.9 Å². The molecule has 0 spiro atoms. The topological polar surface area (TPSA) is 113 Å². The number of carbonyl (C=O) groups excluding carboxylic acids is 1. The molecule has 0 atom stereocenters. The fourth-order valence-corrected chi connectivity index (χ4v) is 2.65. The Morgan fingerprint density at radius 2 is 2.08 bits per heavy atom. The molecule has 0 aliphatic carbocycles. The molecule has 1 aromatic heterocycles. The molecule has 0 saturated carbocycles. The van der Waals surface area contributed by atoms with Gasteiger partial charge >= 0.3 is 5.97 Å². The van der Waals surface area contributed by atoms with E-state index in [4.69, 9.17) is 10.5 Å². The summed E-state index contributed by atoms with van der Waals surface area (Å²) in [5.74, 6) is -0.662. The molecule has 0 aliphatic heterocycles. The van der Waals surface area contributed by atoms with Crippen molar-refractivity contribution >= 4 is 22.7 Å². The van der Waals surface area contributed by atoms with Crippen LogP contribution < -0.4 is 5.73 Å². The first-order valence-electron chi connectivity index (χ1n) is 7.09. The van der Waals surface area contributed by atoms with E-state index in [2.05, 4.69) is 4.98 Å². The number of imidazole rings is 1. The van der Waals surface area contributed by atoms with Crippen molar-refractivity contribution in [1.29, 1.82) is 0 Å². The molecule has 2 N–H and O–H groups in total. The second-order valence-electron chi connectivity index (χ2n) is 5.03. The molecule has 0 bridgehead atoms. The molecule has 0 aliphatic rings. The molecule has 8 heteroatoms. The van der Waals surface area contributed by atoms with Crippen molar-refractivity contribution in [2.45, 2.75) is 6.54 Å². The third-order valence-corrected chi connectivity index (χ3v) is 3.74. The van der Waals surface area contributed by atoms with Gasteiger partial charge in [-0.15, -0.1) is 0 Å². The summed E-state index contributed by atoms with van der Waals surface area (Å²) < 4.78 is 6.26. The Labute approximate surface area is 136 Å². The zero-order valence-electron chi connectivity index (χ0n) is 12.8. The van der Waals surface area contributed by atoms with Crippen molar-refractivity contribution in [3.8, 4) is 5.69 Å². The van der Waals surface area contributed by atoms with Crippen LogP contribution in [0.3, 0.4) is 0 Å². The van der Waals surface area contributed by atoms with Crippen LogP contribution in [0.5, 0.6) is 0 Å². The summed E-state index contributed by atoms with van der Waals surface area (Å²) in [7, 11) is 1.23. The quantitative estimate of drug-likeness (QED) is 0.446. The largest absolute Gasteiger partial charge is 0.465 e. The van der Waals surface area contributed by atoms with E-state index < -0.39 is 10.9 Å². The number of methoxy groups -OCH3 is 1. The van der Waals surface area contributed by atoms with Crippen LogP contribution in [0.4, 0.5) is 5.69 Å². The van der Waals surface area contributed by atoms with Crippen molar-refractivity contribution in [3.05, 3.63) is 64.0 Å². The van der Waals surface area contributed by atoms with Gasteiger partial charge in [-0.1, -0.05) is 18.2 Å². The Kier molecular flexibility index (Phi) is 3.97. The number of nitrogens with zero attached hydrogens (tertiary/aromatic N) is 3. The number of carbonyl (C=O) groups is 1. The molecule has 122 valence electrons. The summed E-state index contributed by atoms with van der Waals surface area (Å²) in [6.45, 7) is 0.287. The summed E-state index contributed by atoms with van der Waals surface area (Å²) in [5, 5.41) is 11.4. The molecule has 1 heterocycles. The highest BCUT2D eigenvalue weighted by atomic mass is 16.6. The Morgan fingerprint density at radius 1 is 1.33 bits per heavy atom. The first-order chi connectivity index (χ1) is 11.6. The second kappa shape index (κ2) is 6.09. The maximum atomic E-state index is 12.1. The van der Waals surface area contributed by atoms with E-state index in [1.54, 1.807) is 12.1 Å². The molecule has 0 amide bonds. The molecular weight excluding hydrogens is 312 g/mol. The van der Waals surface area contributed by atoms with E-state index in [9.17, 15) is 14.9 Å². The van der Waals surface area contributed by atoms with E-state index in [0.29, 0.717) is 11.0 Å². The van der Waals surface area contributed by atoms with Gasteiger partial charge in [0.1, 0.15) is 12.0 Å². The highest BCUT2D eigenvalue weighted by Gasteiger charge is 2.25. The highest BCUT2D eigenvalue weighted by molar-refractivity contribution is 5.96. The lowest BCUT2D eigenvalue weighted by molar-refractivity contribution is -0.384. The minimum absolute atomic E-state index is 0.0872. The van der Waals surface area contributed by atoms with Crippen molar-refractivity contribution in [2.75, 3.05) is 7.11 Å². The number of fused-ring (bicyclic) bond motifs is 1. The lowest BCUT2D eigenvalue weighted by Gasteiger charge is -2.10. The lowest BCUT2D eigenvalue weighted by atomic mass is 10.1. The summed E-state index contributed by atoms with van der Waals surface area (Å²) in [5.41, 5.74) is 7.77. The van der Waals surface area contributed by atoms with E-state index in [1.807, 2.05) is 6.07 Å². The van der Waals surface area contributed by atoms with Crippen molar-refractivity contribution in [1.82, 2.24) is 9.55 Å². The number of hydrogen-bond donors (Lipinski definition) is 1. The lowest BCUT2D eigenvalue weighted by Crippen LogP contribution is -2.10. The standard InChI is InChI=1S/C16H14N4O4/c1-24-16(21)11-5-3-7-13(20(22)23)15(11)19-9-18-14-10(8-17)4-2-6-12(14)19/h2-7,9H,8,17H2,1H3. The molecule has 3 rings (SSSR count). The van der Waals surface area contributed by atoms with Gasteiger partial charge in [0.15, 0.2) is 0 Å². The minimum Gasteiger partial charge on any atom is -0.465 e. The first-order valence-corrected chi connectivity index (χ1v) is 7.09. The van der Waals surface area contributed by atoms with Gasteiger partial charge in [-0.3, -0.25) is 14.7 Å². The van der Waals surface area contributed by atoms with Crippen molar-refractivity contribution < 1.29 is 14.5 Å². The first kappa shape index (κ1) is 15.6. The van der Waals surface area contributed by atoms with E-state index in [-0.39, 0.29) is 23.5 Å². The highest BCUT2D eigenvalue weighted by Crippen LogP contribution is 2.30. The molecule has 0 radical (unpaired) electrons. The van der Waals surface area contributed by atoms with Crippen LogP contribution in [0.2, 0.25) is 0 Å². The van der Waals surface area contributed by atoms with Crippen LogP contribution in [-0.2, 0) is 11.3 Å². The molecule has 24 heavy (non-hydrogen) atoms. The van der Waals surface area contributed by atoms with Gasteiger partial charge in [-0.05, 0) is 17.7 Å².